The van der Waals surface area contributed by atoms with Gasteiger partial charge in [-0.25, -0.2) is 6.08 Å². The quantitative estimate of drug-likeness (QED) is 0.261. The van der Waals surface area contributed by atoms with Crippen LogP contribution in [0.25, 0.3) is 21.5 Å². The van der Waals surface area contributed by atoms with Crippen LogP contribution in [0.1, 0.15) is 45.2 Å². The van der Waals surface area contributed by atoms with Crippen molar-refractivity contribution < 1.29 is 49.0 Å². The molecule has 0 aromatic heterocycles. The molecule has 0 atom stereocenters. The van der Waals surface area contributed by atoms with Crippen LogP contribution in [0, 0.1) is 17.9 Å². The molecular formula is C37H36Cl2Zr-2. The van der Waals surface area contributed by atoms with Gasteiger partial charge in [0.25, 0.3) is 0 Å². The molecule has 0 radical (unpaired) electrons. The SMILES string of the molecule is CC(C)C1=C(C(C)C)C[C-]=C1.[Cl-].[Cl-].[Zr+2]=[C](c1ccccc1)c1ccccc1.c1ccc2c(c1)[cH-]c1ccccc12. The number of fused-ring (bicyclic) bond motifs is 3. The van der Waals surface area contributed by atoms with Crippen LogP contribution in [-0.2, 0) is 24.2 Å². The maximum atomic E-state index is 3.29. The summed E-state index contributed by atoms with van der Waals surface area (Å²) >= 11 is 1.46. The maximum absolute atomic E-state index is 3.29. The van der Waals surface area contributed by atoms with Crippen molar-refractivity contribution in [2.75, 3.05) is 0 Å². The van der Waals surface area contributed by atoms with Gasteiger partial charge in [0.15, 0.2) is 0 Å². The van der Waals surface area contributed by atoms with Gasteiger partial charge in [-0.1, -0.05) is 70.0 Å². The molecule has 6 rings (SSSR count). The second-order valence-electron chi connectivity index (χ2n) is 10.2. The van der Waals surface area contributed by atoms with Crippen molar-refractivity contribution in [2.45, 2.75) is 34.1 Å². The molecule has 0 nitrogen and oxygen atoms in total. The number of allylic oxidation sites excluding steroid dienone is 4. The van der Waals surface area contributed by atoms with Gasteiger partial charge in [0.05, 0.1) is 0 Å². The third-order valence-electron chi connectivity index (χ3n) is 6.89. The smallest absolute Gasteiger partial charge is 0.0771 e. The second-order valence-corrected chi connectivity index (χ2v) is 11.5. The van der Waals surface area contributed by atoms with E-state index in [1.165, 1.54) is 65.7 Å². The normalized spacial score (nSPS) is 11.9. The molecule has 3 heteroatoms. The number of benzene rings is 4. The third-order valence-corrected chi connectivity index (χ3v) is 8.31. The molecule has 5 aromatic rings. The fourth-order valence-electron chi connectivity index (χ4n) is 4.82. The van der Waals surface area contributed by atoms with E-state index in [2.05, 4.69) is 155 Å². The van der Waals surface area contributed by atoms with E-state index in [-0.39, 0.29) is 24.8 Å². The van der Waals surface area contributed by atoms with Crippen LogP contribution in [0.4, 0.5) is 0 Å². The molecule has 1 aliphatic carbocycles. The summed E-state index contributed by atoms with van der Waals surface area (Å²) in [6.45, 7) is 9.03. The zero-order valence-corrected chi connectivity index (χ0v) is 27.6. The molecule has 40 heavy (non-hydrogen) atoms. The zero-order valence-electron chi connectivity index (χ0n) is 23.7. The minimum Gasteiger partial charge on any atom is -0.126 e. The molecule has 0 N–H and O–H groups in total. The Bertz CT molecular complexity index is 1450. The fraction of sp³-hybridized carbons (Fsp3) is 0.189. The molecule has 0 amide bonds. The van der Waals surface area contributed by atoms with Crippen molar-refractivity contribution in [2.24, 2.45) is 11.8 Å². The van der Waals surface area contributed by atoms with Crippen molar-refractivity contribution in [1.29, 1.82) is 0 Å². The first-order valence-electron chi connectivity index (χ1n) is 13.5. The summed E-state index contributed by atoms with van der Waals surface area (Å²) in [4.78, 5) is 0. The number of rotatable bonds is 4. The van der Waals surface area contributed by atoms with E-state index >= 15 is 0 Å². The van der Waals surface area contributed by atoms with E-state index in [9.17, 15) is 0 Å². The van der Waals surface area contributed by atoms with E-state index in [1.54, 1.807) is 5.57 Å². The molecule has 0 unspecified atom stereocenters. The number of hydrogen-bond donors (Lipinski definition) is 0. The molecule has 0 heterocycles. The average Bonchev–Trinajstić information content (AvgIpc) is 3.60. The minimum atomic E-state index is 0. The summed E-state index contributed by atoms with van der Waals surface area (Å²) in [6, 6.07) is 40.4. The van der Waals surface area contributed by atoms with Crippen LogP contribution < -0.4 is 24.8 Å². The summed E-state index contributed by atoms with van der Waals surface area (Å²) in [6.07, 6.45) is 6.51. The minimum absolute atomic E-state index is 0. The van der Waals surface area contributed by atoms with Crippen LogP contribution in [0.2, 0.25) is 0 Å². The molecular weight excluding hydrogens is 607 g/mol. The van der Waals surface area contributed by atoms with Crippen molar-refractivity contribution in [3.05, 3.63) is 150 Å². The molecule has 0 bridgehead atoms. The van der Waals surface area contributed by atoms with Crippen molar-refractivity contribution in [3.63, 3.8) is 0 Å². The fourth-order valence-corrected chi connectivity index (χ4v) is 5.64. The molecule has 204 valence electrons. The molecule has 0 saturated heterocycles. The predicted molar refractivity (Wildman–Crippen MR) is 162 cm³/mol. The predicted octanol–water partition coefficient (Wildman–Crippen LogP) is 3.88. The Kier molecular flexibility index (Phi) is 14.1. The van der Waals surface area contributed by atoms with Gasteiger partial charge in [-0.3, -0.25) is 6.08 Å². The molecule has 0 aliphatic heterocycles. The summed E-state index contributed by atoms with van der Waals surface area (Å²) in [5, 5.41) is 5.39. The number of halogens is 2. The molecule has 0 fully saturated rings. The first kappa shape index (κ1) is 33.8. The molecule has 5 aromatic carbocycles. The Morgan fingerprint density at radius 3 is 1.45 bits per heavy atom. The molecule has 1 aliphatic rings. The molecule has 0 spiro atoms. The van der Waals surface area contributed by atoms with Gasteiger partial charge in [0, 0.05) is 0 Å². The monoisotopic (exact) mass is 640 g/mol. The maximum Gasteiger partial charge on any atom is -0.0771 e. The van der Waals surface area contributed by atoms with Crippen LogP contribution in [-0.4, -0.2) is 3.21 Å². The van der Waals surface area contributed by atoms with Crippen molar-refractivity contribution in [3.8, 4) is 0 Å². The van der Waals surface area contributed by atoms with Crippen LogP contribution in [0.15, 0.2) is 132 Å². The first-order chi connectivity index (χ1) is 18.5. The van der Waals surface area contributed by atoms with Gasteiger partial charge < -0.3 is 24.8 Å². The topological polar surface area (TPSA) is 0 Å². The molecule has 0 saturated carbocycles. The Morgan fingerprint density at radius 2 is 1.05 bits per heavy atom. The summed E-state index contributed by atoms with van der Waals surface area (Å²) in [5.41, 5.74) is 5.76. The number of hydrogen-bond acceptors (Lipinski definition) is 0. The zero-order chi connectivity index (χ0) is 26.9. The third kappa shape index (κ3) is 8.78. The van der Waals surface area contributed by atoms with Gasteiger partial charge >= 0.3 is 99.2 Å². The Labute approximate surface area is 267 Å². The van der Waals surface area contributed by atoms with E-state index in [0.717, 1.165) is 6.42 Å². The van der Waals surface area contributed by atoms with Gasteiger partial charge in [0.2, 0.25) is 0 Å². The van der Waals surface area contributed by atoms with Gasteiger partial charge in [-0.2, -0.15) is 11.1 Å². The average molecular weight is 643 g/mol. The van der Waals surface area contributed by atoms with Crippen LogP contribution in [0.3, 0.4) is 0 Å². The van der Waals surface area contributed by atoms with Crippen molar-refractivity contribution in [1.82, 2.24) is 0 Å². The standard InChI is InChI=1S/C13H9.C13H10.C11H17.2ClH.Zr/c1-3-7-12-10(5-1)9-11-6-2-4-8-13(11)12;1-3-7-12(8-4-1)11-13-9-5-2-6-10-13;1-8(2)10-6-5-7-11(10)9(3)4;;;/h1-9H;1-10H;6,8-9H,7H2,1-4H3;2*1H;/q-1;;-1;;;+2/p-2. The largest absolute Gasteiger partial charge is 0.126 e. The summed E-state index contributed by atoms with van der Waals surface area (Å²) < 4.78 is 1.42. The van der Waals surface area contributed by atoms with Crippen LogP contribution >= 0.6 is 0 Å². The van der Waals surface area contributed by atoms with Gasteiger partial charge in [0.1, 0.15) is 0 Å². The van der Waals surface area contributed by atoms with E-state index in [4.69, 9.17) is 0 Å². The van der Waals surface area contributed by atoms with E-state index < -0.39 is 0 Å². The van der Waals surface area contributed by atoms with Crippen molar-refractivity contribution >= 4 is 24.8 Å². The van der Waals surface area contributed by atoms with Gasteiger partial charge in [-0.05, 0) is 5.92 Å². The van der Waals surface area contributed by atoms with Gasteiger partial charge in [-0.15, -0.1) is 46.2 Å². The Hall–Kier alpha value is -2.44. The summed E-state index contributed by atoms with van der Waals surface area (Å²) in [5.74, 6) is 1.36. The summed E-state index contributed by atoms with van der Waals surface area (Å²) in [7, 11) is 0. The van der Waals surface area contributed by atoms with E-state index in [1.807, 2.05) is 0 Å². The Morgan fingerprint density at radius 1 is 0.625 bits per heavy atom. The first-order valence-corrected chi connectivity index (χ1v) is 14.7. The van der Waals surface area contributed by atoms with E-state index in [0.29, 0.717) is 11.8 Å². The van der Waals surface area contributed by atoms with Crippen LogP contribution in [0.5, 0.6) is 0 Å². The second kappa shape index (κ2) is 16.7. The Balaban J connectivity index is 0.000000207.